The predicted octanol–water partition coefficient (Wildman–Crippen LogP) is 6.15. The van der Waals surface area contributed by atoms with Gasteiger partial charge < -0.3 is 10.6 Å². The van der Waals surface area contributed by atoms with E-state index in [1.165, 1.54) is 28.7 Å². The number of carbonyl (C=O) groups excluding carboxylic acids is 2. The first-order valence-electron chi connectivity index (χ1n) is 11.3. The topological polar surface area (TPSA) is 71.1 Å². The average molecular weight is 498 g/mol. The van der Waals surface area contributed by atoms with Gasteiger partial charge in [-0.3, -0.25) is 9.59 Å². The van der Waals surface area contributed by atoms with Crippen molar-refractivity contribution < 1.29 is 9.59 Å². The molecule has 5 rings (SSSR count). The second-order valence-corrected chi connectivity index (χ2v) is 10.3. The number of thioether (sulfide) groups is 1. The van der Waals surface area contributed by atoms with Crippen LogP contribution in [0, 0.1) is 0 Å². The van der Waals surface area contributed by atoms with Gasteiger partial charge in [-0.15, -0.1) is 11.3 Å². The lowest BCUT2D eigenvalue weighted by molar-refractivity contribution is -0.118. The second-order valence-electron chi connectivity index (χ2n) is 8.02. The van der Waals surface area contributed by atoms with Gasteiger partial charge in [0.25, 0.3) is 5.91 Å². The van der Waals surface area contributed by atoms with E-state index >= 15 is 0 Å². The minimum absolute atomic E-state index is 0.00627. The van der Waals surface area contributed by atoms with Crippen molar-refractivity contribution in [2.45, 2.75) is 10.8 Å². The van der Waals surface area contributed by atoms with Gasteiger partial charge in [0.1, 0.15) is 0 Å². The molecule has 0 spiro atoms. The van der Waals surface area contributed by atoms with E-state index in [1.54, 1.807) is 0 Å². The molecule has 0 bridgehead atoms. The monoisotopic (exact) mass is 497 g/mol. The standard InChI is InChI=1S/C28H23N3O2S2/c32-26(29-16-15-19-7-2-1-3-8-19)18-34-28-31-24-14-13-21(17-25(24)35-28)30-27(33)23-12-6-10-20-9-4-5-11-22(20)23/h1-14,17H,15-16,18H2,(H,29,32)(H,30,33). The number of rotatable bonds is 8. The van der Waals surface area contributed by atoms with Crippen molar-refractivity contribution in [1.82, 2.24) is 10.3 Å². The SMILES string of the molecule is O=C(CSc1nc2ccc(NC(=O)c3cccc4ccccc34)cc2s1)NCCc1ccccc1. The van der Waals surface area contributed by atoms with Crippen molar-refractivity contribution in [3.8, 4) is 0 Å². The van der Waals surface area contributed by atoms with Gasteiger partial charge in [0.2, 0.25) is 5.91 Å². The number of aromatic nitrogens is 1. The molecule has 0 unspecified atom stereocenters. The van der Waals surface area contributed by atoms with Crippen LogP contribution >= 0.6 is 23.1 Å². The van der Waals surface area contributed by atoms with Crippen LogP contribution in [0.5, 0.6) is 0 Å². The lowest BCUT2D eigenvalue weighted by Gasteiger charge is -2.08. The van der Waals surface area contributed by atoms with Crippen LogP contribution in [0.25, 0.3) is 21.0 Å². The molecule has 2 amide bonds. The molecule has 5 aromatic rings. The summed E-state index contributed by atoms with van der Waals surface area (Å²) in [4.78, 5) is 29.8. The van der Waals surface area contributed by atoms with Crippen molar-refractivity contribution in [1.29, 1.82) is 0 Å². The first-order valence-corrected chi connectivity index (χ1v) is 13.1. The van der Waals surface area contributed by atoms with Gasteiger partial charge in [0.05, 0.1) is 16.0 Å². The molecule has 0 fully saturated rings. The molecule has 4 aromatic carbocycles. The highest BCUT2D eigenvalue weighted by Crippen LogP contribution is 2.31. The van der Waals surface area contributed by atoms with Crippen molar-refractivity contribution >= 4 is 61.6 Å². The third-order valence-electron chi connectivity index (χ3n) is 5.57. The van der Waals surface area contributed by atoms with Crippen LogP contribution in [-0.4, -0.2) is 29.1 Å². The van der Waals surface area contributed by atoms with Gasteiger partial charge in [-0.1, -0.05) is 78.5 Å². The zero-order chi connectivity index (χ0) is 24.0. The molecule has 0 aliphatic heterocycles. The molecule has 0 saturated heterocycles. The Balaban J connectivity index is 1.19. The van der Waals surface area contributed by atoms with E-state index in [4.69, 9.17) is 0 Å². The molecule has 2 N–H and O–H groups in total. The predicted molar refractivity (Wildman–Crippen MR) is 145 cm³/mol. The minimum Gasteiger partial charge on any atom is -0.355 e. The van der Waals surface area contributed by atoms with Gasteiger partial charge in [-0.05, 0) is 47.0 Å². The summed E-state index contributed by atoms with van der Waals surface area (Å²) in [6.45, 7) is 0.614. The normalized spacial score (nSPS) is 11.0. The summed E-state index contributed by atoms with van der Waals surface area (Å²) in [5, 5.41) is 7.93. The molecule has 174 valence electrons. The number of benzene rings is 4. The highest BCUT2D eigenvalue weighted by atomic mass is 32.2. The fraction of sp³-hybridized carbons (Fsp3) is 0.107. The Morgan fingerprint density at radius 2 is 1.69 bits per heavy atom. The van der Waals surface area contributed by atoms with E-state index in [0.717, 1.165) is 31.7 Å². The second kappa shape index (κ2) is 10.7. The zero-order valence-electron chi connectivity index (χ0n) is 18.9. The van der Waals surface area contributed by atoms with Crippen LogP contribution in [-0.2, 0) is 11.2 Å². The summed E-state index contributed by atoms with van der Waals surface area (Å²) in [6.07, 6.45) is 0.811. The van der Waals surface area contributed by atoms with Crippen LogP contribution in [0.1, 0.15) is 15.9 Å². The molecule has 0 aliphatic carbocycles. The first-order chi connectivity index (χ1) is 17.2. The molecule has 5 nitrogen and oxygen atoms in total. The molecule has 0 radical (unpaired) electrons. The number of carbonyl (C=O) groups is 2. The zero-order valence-corrected chi connectivity index (χ0v) is 20.5. The van der Waals surface area contributed by atoms with Crippen LogP contribution in [0.15, 0.2) is 95.3 Å². The van der Waals surface area contributed by atoms with Gasteiger partial charge >= 0.3 is 0 Å². The van der Waals surface area contributed by atoms with Gasteiger partial charge in [-0.2, -0.15) is 0 Å². The van der Waals surface area contributed by atoms with Crippen molar-refractivity contribution in [3.63, 3.8) is 0 Å². The van der Waals surface area contributed by atoms with Crippen molar-refractivity contribution in [3.05, 3.63) is 102 Å². The smallest absolute Gasteiger partial charge is 0.256 e. The largest absolute Gasteiger partial charge is 0.355 e. The Kier molecular flexibility index (Phi) is 7.07. The summed E-state index contributed by atoms with van der Waals surface area (Å²) in [5.41, 5.74) is 3.41. The molecule has 7 heteroatoms. The third-order valence-corrected chi connectivity index (χ3v) is 7.73. The summed E-state index contributed by atoms with van der Waals surface area (Å²) < 4.78 is 1.79. The maximum Gasteiger partial charge on any atom is 0.256 e. The Morgan fingerprint density at radius 3 is 2.57 bits per heavy atom. The maximum atomic E-state index is 13.0. The molecule has 0 aliphatic rings. The molecule has 35 heavy (non-hydrogen) atoms. The first kappa shape index (κ1) is 23.1. The van der Waals surface area contributed by atoms with E-state index in [9.17, 15) is 9.59 Å². The fourth-order valence-corrected chi connectivity index (χ4v) is 5.77. The van der Waals surface area contributed by atoms with Crippen LogP contribution < -0.4 is 10.6 Å². The summed E-state index contributed by atoms with van der Waals surface area (Å²) in [7, 11) is 0. The summed E-state index contributed by atoms with van der Waals surface area (Å²) >= 11 is 2.95. The molecule has 1 aromatic heterocycles. The Bertz CT molecular complexity index is 1490. The highest BCUT2D eigenvalue weighted by molar-refractivity contribution is 8.01. The quantitative estimate of drug-likeness (QED) is 0.252. The summed E-state index contributed by atoms with van der Waals surface area (Å²) in [6, 6.07) is 29.4. The van der Waals surface area contributed by atoms with Gasteiger partial charge in [0, 0.05) is 17.8 Å². The average Bonchev–Trinajstić information content (AvgIpc) is 3.30. The van der Waals surface area contributed by atoms with E-state index in [-0.39, 0.29) is 11.8 Å². The lowest BCUT2D eigenvalue weighted by Crippen LogP contribution is -2.27. The number of amides is 2. The van der Waals surface area contributed by atoms with E-state index in [2.05, 4.69) is 27.8 Å². The van der Waals surface area contributed by atoms with Crippen molar-refractivity contribution in [2.75, 3.05) is 17.6 Å². The number of hydrogen-bond acceptors (Lipinski definition) is 5. The number of nitrogens with one attached hydrogen (secondary N) is 2. The molecule has 1 heterocycles. The fourth-order valence-electron chi connectivity index (χ4n) is 3.83. The molecular weight excluding hydrogens is 474 g/mol. The van der Waals surface area contributed by atoms with Crippen LogP contribution in [0.3, 0.4) is 0 Å². The van der Waals surface area contributed by atoms with Crippen LogP contribution in [0.4, 0.5) is 5.69 Å². The number of anilines is 1. The summed E-state index contributed by atoms with van der Waals surface area (Å²) in [5.74, 6) is 0.167. The van der Waals surface area contributed by atoms with E-state index in [1.807, 2.05) is 78.9 Å². The van der Waals surface area contributed by atoms with Crippen LogP contribution in [0.2, 0.25) is 0 Å². The number of hydrogen-bond donors (Lipinski definition) is 2. The number of fused-ring (bicyclic) bond motifs is 2. The van der Waals surface area contributed by atoms with Gasteiger partial charge in [-0.25, -0.2) is 4.98 Å². The van der Waals surface area contributed by atoms with Crippen molar-refractivity contribution in [2.24, 2.45) is 0 Å². The Labute approximate surface area is 211 Å². The molecular formula is C28H23N3O2S2. The third kappa shape index (κ3) is 5.70. The maximum absolute atomic E-state index is 13.0. The van der Waals surface area contributed by atoms with E-state index < -0.39 is 0 Å². The lowest BCUT2D eigenvalue weighted by atomic mass is 10.0. The van der Waals surface area contributed by atoms with E-state index in [0.29, 0.717) is 23.5 Å². The number of nitrogens with zero attached hydrogens (tertiary/aromatic N) is 1. The van der Waals surface area contributed by atoms with Gasteiger partial charge in [0.15, 0.2) is 4.34 Å². The number of thiazole rings is 1. The Hall–Kier alpha value is -3.68. The molecule has 0 atom stereocenters. The highest BCUT2D eigenvalue weighted by Gasteiger charge is 2.12. The Morgan fingerprint density at radius 1 is 0.886 bits per heavy atom. The minimum atomic E-state index is -0.146. The molecule has 0 saturated carbocycles.